The summed E-state index contributed by atoms with van der Waals surface area (Å²) in [4.78, 5) is 11.2. The minimum atomic E-state index is -0.721. The summed E-state index contributed by atoms with van der Waals surface area (Å²) in [6.45, 7) is 3.51. The van der Waals surface area contributed by atoms with Gasteiger partial charge in [0.15, 0.2) is 0 Å². The number of carbonyl (C=O) groups is 1. The predicted molar refractivity (Wildman–Crippen MR) is 67.8 cm³/mol. The molecule has 0 heterocycles. The van der Waals surface area contributed by atoms with Gasteiger partial charge in [0.05, 0.1) is 10.8 Å². The van der Waals surface area contributed by atoms with E-state index in [0.717, 1.165) is 5.56 Å². The molecule has 88 valence electrons. The first-order valence-electron chi connectivity index (χ1n) is 5.02. The molecule has 1 atom stereocenters. The van der Waals surface area contributed by atoms with Crippen LogP contribution in [0, 0.1) is 5.41 Å². The molecule has 16 heavy (non-hydrogen) atoms. The molecule has 0 saturated heterocycles. The lowest BCUT2D eigenvalue weighted by Gasteiger charge is -2.26. The molecule has 0 saturated carbocycles. The first-order valence-corrected chi connectivity index (χ1v) is 5.84. The standard InChI is InChI=1S/C12H15Cl2NO/c1-12(2,11(15)16)10(14)7-8-3-5-9(13)6-4-8/h3-6,10H,7H2,1-2H3,(H2,15,16). The first kappa shape index (κ1) is 13.3. The average Bonchev–Trinajstić information content (AvgIpc) is 2.21. The van der Waals surface area contributed by atoms with Crippen LogP contribution >= 0.6 is 23.2 Å². The second kappa shape index (κ2) is 5.07. The van der Waals surface area contributed by atoms with Gasteiger partial charge in [-0.2, -0.15) is 0 Å². The largest absolute Gasteiger partial charge is 0.369 e. The third kappa shape index (κ3) is 3.13. The number of hydrogen-bond donors (Lipinski definition) is 1. The molecule has 2 nitrogen and oxygen atoms in total. The van der Waals surface area contributed by atoms with Crippen LogP contribution in [-0.4, -0.2) is 11.3 Å². The molecule has 2 N–H and O–H groups in total. The molecule has 1 rings (SSSR count). The van der Waals surface area contributed by atoms with Gasteiger partial charge >= 0.3 is 0 Å². The third-order valence-corrected chi connectivity index (χ3v) is 3.70. The molecule has 0 aliphatic carbocycles. The number of amides is 1. The fraction of sp³-hybridized carbons (Fsp3) is 0.417. The van der Waals surface area contributed by atoms with Gasteiger partial charge in [-0.15, -0.1) is 11.6 Å². The van der Waals surface area contributed by atoms with Crippen molar-refractivity contribution in [2.45, 2.75) is 25.6 Å². The highest BCUT2D eigenvalue weighted by atomic mass is 35.5. The number of nitrogens with two attached hydrogens (primary N) is 1. The van der Waals surface area contributed by atoms with Crippen LogP contribution in [0.25, 0.3) is 0 Å². The van der Waals surface area contributed by atoms with Crippen LogP contribution in [-0.2, 0) is 11.2 Å². The van der Waals surface area contributed by atoms with E-state index >= 15 is 0 Å². The van der Waals surface area contributed by atoms with Crippen molar-refractivity contribution in [2.24, 2.45) is 11.1 Å². The topological polar surface area (TPSA) is 43.1 Å². The van der Waals surface area contributed by atoms with Crippen LogP contribution in [0.1, 0.15) is 19.4 Å². The van der Waals surface area contributed by atoms with Crippen LogP contribution in [0.2, 0.25) is 5.02 Å². The van der Waals surface area contributed by atoms with Crippen molar-refractivity contribution in [3.8, 4) is 0 Å². The first-order chi connectivity index (χ1) is 7.34. The Morgan fingerprint density at radius 2 is 1.88 bits per heavy atom. The van der Waals surface area contributed by atoms with Crippen molar-refractivity contribution in [2.75, 3.05) is 0 Å². The van der Waals surface area contributed by atoms with Crippen LogP contribution in [0.4, 0.5) is 0 Å². The molecule has 4 heteroatoms. The Hall–Kier alpha value is -0.730. The van der Waals surface area contributed by atoms with Crippen LogP contribution in [0.5, 0.6) is 0 Å². The number of benzene rings is 1. The average molecular weight is 260 g/mol. The van der Waals surface area contributed by atoms with E-state index in [1.807, 2.05) is 12.1 Å². The highest BCUT2D eigenvalue weighted by molar-refractivity contribution is 6.30. The number of alkyl halides is 1. The zero-order chi connectivity index (χ0) is 12.3. The maximum atomic E-state index is 11.2. The third-order valence-electron chi connectivity index (χ3n) is 2.75. The molecule has 0 spiro atoms. The number of rotatable bonds is 4. The van der Waals surface area contributed by atoms with Crippen molar-refractivity contribution in [3.63, 3.8) is 0 Å². The zero-order valence-electron chi connectivity index (χ0n) is 9.34. The maximum absolute atomic E-state index is 11.2. The molecule has 1 aromatic carbocycles. The summed E-state index contributed by atoms with van der Waals surface area (Å²) >= 11 is 12.0. The second-order valence-electron chi connectivity index (χ2n) is 4.38. The van der Waals surface area contributed by atoms with Crippen molar-refractivity contribution in [3.05, 3.63) is 34.9 Å². The highest BCUT2D eigenvalue weighted by Gasteiger charge is 2.33. The SMILES string of the molecule is CC(C)(C(N)=O)C(Cl)Cc1ccc(Cl)cc1. The molecule has 0 bridgehead atoms. The van der Waals surface area contributed by atoms with Gasteiger partial charge in [0.2, 0.25) is 5.91 Å². The molecule has 1 aromatic rings. The Kier molecular flexibility index (Phi) is 4.22. The highest BCUT2D eigenvalue weighted by Crippen LogP contribution is 2.28. The van der Waals surface area contributed by atoms with E-state index in [9.17, 15) is 4.79 Å². The van der Waals surface area contributed by atoms with Gasteiger partial charge in [-0.1, -0.05) is 23.7 Å². The minimum Gasteiger partial charge on any atom is -0.369 e. The smallest absolute Gasteiger partial charge is 0.224 e. The lowest BCUT2D eigenvalue weighted by atomic mass is 9.85. The fourth-order valence-electron chi connectivity index (χ4n) is 1.24. The number of primary amides is 1. The molecule has 0 radical (unpaired) electrons. The van der Waals surface area contributed by atoms with Gasteiger partial charge in [-0.25, -0.2) is 0 Å². The summed E-state index contributed by atoms with van der Waals surface area (Å²) < 4.78 is 0. The molecule has 0 aliphatic rings. The second-order valence-corrected chi connectivity index (χ2v) is 5.35. The van der Waals surface area contributed by atoms with Crippen molar-refractivity contribution >= 4 is 29.1 Å². The van der Waals surface area contributed by atoms with Gasteiger partial charge in [0, 0.05) is 5.02 Å². The minimum absolute atomic E-state index is 0.328. The van der Waals surface area contributed by atoms with Gasteiger partial charge < -0.3 is 5.73 Å². The van der Waals surface area contributed by atoms with E-state index in [2.05, 4.69) is 0 Å². The predicted octanol–water partition coefficient (Wildman–Crippen LogP) is 3.00. The van der Waals surface area contributed by atoms with Crippen LogP contribution in [0.15, 0.2) is 24.3 Å². The molecule has 1 amide bonds. The summed E-state index contributed by atoms with van der Waals surface area (Å²) in [7, 11) is 0. The van der Waals surface area contributed by atoms with E-state index in [-0.39, 0.29) is 11.3 Å². The number of hydrogen-bond acceptors (Lipinski definition) is 1. The Labute approximate surface area is 106 Å². The molecule has 0 fully saturated rings. The van der Waals surface area contributed by atoms with E-state index in [0.29, 0.717) is 11.4 Å². The Balaban J connectivity index is 2.75. The normalized spacial score (nSPS) is 13.5. The summed E-state index contributed by atoms with van der Waals surface area (Å²) in [5.41, 5.74) is 5.62. The van der Waals surface area contributed by atoms with E-state index in [1.165, 1.54) is 0 Å². The maximum Gasteiger partial charge on any atom is 0.224 e. The lowest BCUT2D eigenvalue weighted by molar-refractivity contribution is -0.126. The van der Waals surface area contributed by atoms with E-state index < -0.39 is 5.41 Å². The Morgan fingerprint density at radius 3 is 2.31 bits per heavy atom. The summed E-state index contributed by atoms with van der Waals surface area (Å²) in [6, 6.07) is 7.40. The van der Waals surface area contributed by atoms with Gasteiger partial charge in [0.25, 0.3) is 0 Å². The summed E-state index contributed by atoms with van der Waals surface area (Å²) in [6.07, 6.45) is 0.592. The van der Waals surface area contributed by atoms with E-state index in [1.54, 1.807) is 26.0 Å². The van der Waals surface area contributed by atoms with Crippen molar-refractivity contribution in [1.82, 2.24) is 0 Å². The van der Waals surface area contributed by atoms with Crippen LogP contribution < -0.4 is 5.73 Å². The molecular weight excluding hydrogens is 245 g/mol. The zero-order valence-corrected chi connectivity index (χ0v) is 10.8. The molecular formula is C12H15Cl2NO. The molecule has 0 aromatic heterocycles. The monoisotopic (exact) mass is 259 g/mol. The quantitative estimate of drug-likeness (QED) is 0.831. The van der Waals surface area contributed by atoms with Gasteiger partial charge in [0.1, 0.15) is 0 Å². The van der Waals surface area contributed by atoms with Crippen molar-refractivity contribution in [1.29, 1.82) is 0 Å². The lowest BCUT2D eigenvalue weighted by Crippen LogP contribution is -2.40. The van der Waals surface area contributed by atoms with Crippen molar-refractivity contribution < 1.29 is 4.79 Å². The fourth-order valence-corrected chi connectivity index (χ4v) is 1.65. The Morgan fingerprint density at radius 1 is 1.38 bits per heavy atom. The Bertz CT molecular complexity index is 373. The molecule has 0 aliphatic heterocycles. The molecule has 1 unspecified atom stereocenters. The number of carbonyl (C=O) groups excluding carboxylic acids is 1. The van der Waals surface area contributed by atoms with E-state index in [4.69, 9.17) is 28.9 Å². The van der Waals surface area contributed by atoms with Gasteiger partial charge in [-0.05, 0) is 38.0 Å². The van der Waals surface area contributed by atoms with Crippen LogP contribution in [0.3, 0.4) is 0 Å². The summed E-state index contributed by atoms with van der Waals surface area (Å²) in [5, 5.41) is 0.357. The van der Waals surface area contributed by atoms with Gasteiger partial charge in [-0.3, -0.25) is 4.79 Å². The summed E-state index contributed by atoms with van der Waals surface area (Å²) in [5.74, 6) is -0.388. The number of halogens is 2.